The Morgan fingerprint density at radius 2 is 1.68 bits per heavy atom. The van der Waals surface area contributed by atoms with Crippen LogP contribution >= 0.6 is 0 Å². The van der Waals surface area contributed by atoms with Gasteiger partial charge in [0.05, 0.1) is 0 Å². The summed E-state index contributed by atoms with van der Waals surface area (Å²) in [6.07, 6.45) is 3.24. The molecular formula is C13H11N5O. The van der Waals surface area contributed by atoms with E-state index in [9.17, 15) is 0 Å². The summed E-state index contributed by atoms with van der Waals surface area (Å²) < 4.78 is 5.17. The molecule has 0 fully saturated rings. The highest BCUT2D eigenvalue weighted by atomic mass is 16.5. The first kappa shape index (κ1) is 11.5. The summed E-state index contributed by atoms with van der Waals surface area (Å²) in [5, 5.41) is 3.84. The predicted octanol–water partition coefficient (Wildman–Crippen LogP) is 1.57. The quantitative estimate of drug-likeness (QED) is 0.762. The van der Waals surface area contributed by atoms with Crippen molar-refractivity contribution in [2.24, 2.45) is 5.73 Å². The second-order valence-corrected chi connectivity index (χ2v) is 3.92. The molecule has 1 aromatic carbocycles. The Bertz CT molecular complexity index is 653. The first-order valence-corrected chi connectivity index (χ1v) is 5.76. The monoisotopic (exact) mass is 253 g/mol. The molecule has 0 aliphatic heterocycles. The van der Waals surface area contributed by atoms with E-state index in [1.807, 2.05) is 30.3 Å². The van der Waals surface area contributed by atoms with Crippen LogP contribution < -0.4 is 5.73 Å². The van der Waals surface area contributed by atoms with E-state index in [0.717, 1.165) is 5.56 Å². The first-order chi connectivity index (χ1) is 9.34. The summed E-state index contributed by atoms with van der Waals surface area (Å²) in [5.74, 6) is 1.09. The van der Waals surface area contributed by atoms with Crippen molar-refractivity contribution in [1.82, 2.24) is 20.1 Å². The SMILES string of the molecule is N[C@H](c1ccccc1)c1nc(-c2ncccn2)no1. The van der Waals surface area contributed by atoms with Crippen molar-refractivity contribution < 1.29 is 4.52 Å². The Hall–Kier alpha value is -2.60. The van der Waals surface area contributed by atoms with Crippen molar-refractivity contribution in [3.05, 3.63) is 60.2 Å². The van der Waals surface area contributed by atoms with Crippen LogP contribution in [-0.4, -0.2) is 20.1 Å². The second-order valence-electron chi connectivity index (χ2n) is 3.92. The van der Waals surface area contributed by atoms with Gasteiger partial charge in [-0.3, -0.25) is 0 Å². The van der Waals surface area contributed by atoms with E-state index in [2.05, 4.69) is 20.1 Å². The molecule has 0 amide bonds. The molecule has 3 rings (SSSR count). The third-order valence-electron chi connectivity index (χ3n) is 2.63. The molecule has 0 radical (unpaired) electrons. The van der Waals surface area contributed by atoms with Crippen molar-refractivity contribution >= 4 is 0 Å². The highest BCUT2D eigenvalue weighted by Crippen LogP contribution is 2.19. The third-order valence-corrected chi connectivity index (χ3v) is 2.63. The topological polar surface area (TPSA) is 90.7 Å². The van der Waals surface area contributed by atoms with Gasteiger partial charge in [-0.15, -0.1) is 0 Å². The summed E-state index contributed by atoms with van der Waals surface area (Å²) in [7, 11) is 0. The van der Waals surface area contributed by atoms with Crippen LogP contribution in [0.4, 0.5) is 0 Å². The fourth-order valence-corrected chi connectivity index (χ4v) is 1.67. The minimum Gasteiger partial charge on any atom is -0.337 e. The zero-order valence-electron chi connectivity index (χ0n) is 9.97. The lowest BCUT2D eigenvalue weighted by atomic mass is 10.1. The van der Waals surface area contributed by atoms with Crippen LogP contribution in [0.3, 0.4) is 0 Å². The van der Waals surface area contributed by atoms with Crippen LogP contribution in [0.2, 0.25) is 0 Å². The van der Waals surface area contributed by atoms with Gasteiger partial charge in [0.1, 0.15) is 6.04 Å². The molecule has 0 saturated carbocycles. The fourth-order valence-electron chi connectivity index (χ4n) is 1.67. The molecule has 2 heterocycles. The highest BCUT2D eigenvalue weighted by molar-refractivity contribution is 5.41. The zero-order valence-corrected chi connectivity index (χ0v) is 9.97. The van der Waals surface area contributed by atoms with Gasteiger partial charge in [0.15, 0.2) is 0 Å². The number of hydrogen-bond donors (Lipinski definition) is 1. The minimum absolute atomic E-state index is 0.335. The van der Waals surface area contributed by atoms with Gasteiger partial charge in [0.25, 0.3) is 0 Å². The standard InChI is InChI=1S/C13H11N5O/c14-10(9-5-2-1-3-6-9)13-17-12(18-19-13)11-15-7-4-8-16-11/h1-8,10H,14H2/t10-/m1/s1. The van der Waals surface area contributed by atoms with Crippen LogP contribution in [0.5, 0.6) is 0 Å². The molecule has 0 unspecified atom stereocenters. The van der Waals surface area contributed by atoms with Crippen LogP contribution in [0, 0.1) is 0 Å². The van der Waals surface area contributed by atoms with Crippen LogP contribution in [-0.2, 0) is 0 Å². The lowest BCUT2D eigenvalue weighted by Gasteiger charge is -2.05. The normalized spacial score (nSPS) is 12.3. The van der Waals surface area contributed by atoms with E-state index in [1.165, 1.54) is 0 Å². The number of rotatable bonds is 3. The molecule has 19 heavy (non-hydrogen) atoms. The summed E-state index contributed by atoms with van der Waals surface area (Å²) in [6.45, 7) is 0. The van der Waals surface area contributed by atoms with Crippen molar-refractivity contribution in [2.75, 3.05) is 0 Å². The van der Waals surface area contributed by atoms with E-state index in [0.29, 0.717) is 17.5 Å². The lowest BCUT2D eigenvalue weighted by Crippen LogP contribution is -2.12. The second kappa shape index (κ2) is 4.95. The molecule has 0 aliphatic rings. The predicted molar refractivity (Wildman–Crippen MR) is 67.8 cm³/mol. The Morgan fingerprint density at radius 1 is 0.947 bits per heavy atom. The largest absolute Gasteiger partial charge is 0.337 e. The van der Waals surface area contributed by atoms with Crippen molar-refractivity contribution in [3.63, 3.8) is 0 Å². The number of nitrogens with zero attached hydrogens (tertiary/aromatic N) is 4. The van der Waals surface area contributed by atoms with Gasteiger partial charge < -0.3 is 10.3 Å². The number of benzene rings is 1. The number of nitrogens with two attached hydrogens (primary N) is 1. The molecule has 1 atom stereocenters. The molecular weight excluding hydrogens is 242 g/mol. The molecule has 0 spiro atoms. The average molecular weight is 253 g/mol. The van der Waals surface area contributed by atoms with E-state index in [-0.39, 0.29) is 0 Å². The van der Waals surface area contributed by atoms with Gasteiger partial charge in [-0.2, -0.15) is 4.98 Å². The Kier molecular flexibility index (Phi) is 2.99. The van der Waals surface area contributed by atoms with Gasteiger partial charge in [0.2, 0.25) is 17.5 Å². The smallest absolute Gasteiger partial charge is 0.248 e. The molecule has 0 saturated heterocycles. The Balaban J connectivity index is 1.90. The van der Waals surface area contributed by atoms with Crippen LogP contribution in [0.25, 0.3) is 11.6 Å². The van der Waals surface area contributed by atoms with Crippen LogP contribution in [0.15, 0.2) is 53.3 Å². The third kappa shape index (κ3) is 2.34. The van der Waals surface area contributed by atoms with E-state index >= 15 is 0 Å². The summed E-state index contributed by atoms with van der Waals surface area (Å²) in [5.41, 5.74) is 6.98. The fraction of sp³-hybridized carbons (Fsp3) is 0.0769. The maximum atomic E-state index is 6.07. The van der Waals surface area contributed by atoms with Gasteiger partial charge >= 0.3 is 0 Å². The van der Waals surface area contributed by atoms with Crippen molar-refractivity contribution in [3.8, 4) is 11.6 Å². The van der Waals surface area contributed by atoms with Gasteiger partial charge in [-0.05, 0) is 11.6 Å². The molecule has 6 heteroatoms. The molecule has 2 aromatic heterocycles. The maximum absolute atomic E-state index is 6.07. The molecule has 94 valence electrons. The molecule has 2 N–H and O–H groups in total. The minimum atomic E-state index is -0.453. The Labute approximate surface area is 109 Å². The van der Waals surface area contributed by atoms with Gasteiger partial charge in [0, 0.05) is 12.4 Å². The maximum Gasteiger partial charge on any atom is 0.248 e. The molecule has 0 bridgehead atoms. The molecule has 0 aliphatic carbocycles. The zero-order chi connectivity index (χ0) is 13.1. The first-order valence-electron chi connectivity index (χ1n) is 5.76. The molecule has 3 aromatic rings. The number of hydrogen-bond acceptors (Lipinski definition) is 6. The van der Waals surface area contributed by atoms with Crippen LogP contribution in [0.1, 0.15) is 17.5 Å². The van der Waals surface area contributed by atoms with E-state index < -0.39 is 6.04 Å². The molecule has 6 nitrogen and oxygen atoms in total. The van der Waals surface area contributed by atoms with E-state index in [4.69, 9.17) is 10.3 Å². The lowest BCUT2D eigenvalue weighted by molar-refractivity contribution is 0.367. The van der Waals surface area contributed by atoms with Gasteiger partial charge in [-0.1, -0.05) is 35.5 Å². The van der Waals surface area contributed by atoms with Crippen molar-refractivity contribution in [2.45, 2.75) is 6.04 Å². The summed E-state index contributed by atoms with van der Waals surface area (Å²) >= 11 is 0. The summed E-state index contributed by atoms with van der Waals surface area (Å²) in [4.78, 5) is 12.3. The highest BCUT2D eigenvalue weighted by Gasteiger charge is 2.18. The van der Waals surface area contributed by atoms with E-state index in [1.54, 1.807) is 18.5 Å². The average Bonchev–Trinajstić information content (AvgIpc) is 2.98. The Morgan fingerprint density at radius 3 is 2.42 bits per heavy atom. The number of aromatic nitrogens is 4. The van der Waals surface area contributed by atoms with Crippen molar-refractivity contribution in [1.29, 1.82) is 0 Å². The van der Waals surface area contributed by atoms with Gasteiger partial charge in [-0.25, -0.2) is 9.97 Å². The summed E-state index contributed by atoms with van der Waals surface area (Å²) in [6, 6.07) is 10.8.